The molecule has 0 amide bonds. The number of hydrogen-bond acceptors (Lipinski definition) is 12. The first-order chi connectivity index (χ1) is 34.2. The van der Waals surface area contributed by atoms with Crippen molar-refractivity contribution in [3.05, 3.63) is 72.1 Å². The lowest BCUT2D eigenvalue weighted by Gasteiger charge is -2.22. The van der Waals surface area contributed by atoms with Crippen LogP contribution in [0.25, 0.3) is 33.1 Å². The molecule has 6 aromatic rings. The van der Waals surface area contributed by atoms with Gasteiger partial charge < -0.3 is 53.6 Å². The molecule has 3 aromatic carbocycles. The predicted octanol–water partition coefficient (Wildman–Crippen LogP) is 8.62. The average Bonchev–Trinajstić information content (AvgIpc) is 3.96. The van der Waals surface area contributed by atoms with Crippen LogP contribution in [0.4, 0.5) is 17.1 Å². The Morgan fingerprint density at radius 2 is 0.822 bits per heavy atom. The molecule has 73 heavy (non-hydrogen) atoms. The minimum atomic E-state index is -0.774. The second kappa shape index (κ2) is 34.2. The number of nitrogens with zero attached hydrogens (tertiary/aromatic N) is 9. The van der Waals surface area contributed by atoms with Crippen LogP contribution in [-0.2, 0) is 59.5 Å². The van der Waals surface area contributed by atoms with Gasteiger partial charge in [0.15, 0.2) is 0 Å². The molecule has 0 aliphatic rings. The van der Waals surface area contributed by atoms with Crippen LogP contribution in [0.3, 0.4) is 0 Å². The van der Waals surface area contributed by atoms with E-state index in [9.17, 15) is 24.6 Å². The minimum absolute atomic E-state index is 0. The van der Waals surface area contributed by atoms with Crippen molar-refractivity contribution >= 4 is 139 Å². The van der Waals surface area contributed by atoms with E-state index in [1.54, 1.807) is 6.92 Å². The number of imidazole rings is 3. The van der Waals surface area contributed by atoms with Crippen molar-refractivity contribution in [2.75, 3.05) is 97.3 Å². The molecule has 17 nitrogen and oxygen atoms in total. The van der Waals surface area contributed by atoms with Crippen molar-refractivity contribution in [2.45, 2.75) is 64.7 Å². The summed E-state index contributed by atoms with van der Waals surface area (Å²) in [6.07, 6.45) is 4.60. The number of aliphatic carboxylic acids is 2. The fourth-order valence-electron chi connectivity index (χ4n) is 8.15. The highest BCUT2D eigenvalue weighted by molar-refractivity contribution is 6.19. The number of ether oxygens (including phenoxy) is 1. The van der Waals surface area contributed by atoms with Crippen LogP contribution in [0.2, 0.25) is 0 Å². The van der Waals surface area contributed by atoms with Crippen molar-refractivity contribution in [3.63, 3.8) is 0 Å². The van der Waals surface area contributed by atoms with Crippen LogP contribution in [0.1, 0.15) is 62.9 Å². The fourth-order valence-corrected chi connectivity index (χ4v) is 8.97. The third kappa shape index (κ3) is 19.6. The van der Waals surface area contributed by atoms with E-state index in [0.717, 1.165) is 93.8 Å². The average molecular weight is 1140 g/mol. The maximum absolute atomic E-state index is 11.4. The Kier molecular flexibility index (Phi) is 30.3. The third-order valence-corrected chi connectivity index (χ3v) is 12.5. The van der Waals surface area contributed by atoms with Gasteiger partial charge in [-0.25, -0.2) is 15.0 Å². The lowest BCUT2D eigenvalue weighted by atomic mass is 10.2. The standard InChI is InChI=1S/C18H27N3O4.2C16H21Cl2N3O2.2ClH/c1-3-25-18(24)6-4-5-17-19-15-13-14(7-8-16(15)20(17)2)21(9-11-22)10-12-23;2*1-20-14-6-5-12(21(9-7-17)10-8-18)11-13(14)19-15(20)3-2-4-16(22)23;;/h7-8,13,22-23H,3-6,9-12H2,1-2H3;2*5-6,11H,2-4,7-10H2,1H3,(H,22,23);2*1H. The van der Waals surface area contributed by atoms with Gasteiger partial charge in [0.05, 0.1) is 52.9 Å². The number of halogens is 6. The lowest BCUT2D eigenvalue weighted by molar-refractivity contribution is -0.143. The van der Waals surface area contributed by atoms with Gasteiger partial charge in [0.25, 0.3) is 0 Å². The SMILES string of the molecule is CCOC(=O)CCCc1nc2cc(N(CCO)CCO)ccc2n1C.Cl.Cl.Cn1c(CCCC(=O)O)nc2cc(N(CCCl)CCCl)ccc21.Cn1c(CCCC(=O)O)nc2cc(N(CCCl)CCCl)ccc21. The van der Waals surface area contributed by atoms with E-state index in [2.05, 4.69) is 24.8 Å². The molecule has 4 N–H and O–H groups in total. The molecule has 0 atom stereocenters. The summed E-state index contributed by atoms with van der Waals surface area (Å²) in [6, 6.07) is 18.2. The summed E-state index contributed by atoms with van der Waals surface area (Å²) >= 11 is 23.4. The third-order valence-electron chi connectivity index (χ3n) is 11.8. The Bertz CT molecular complexity index is 2480. The summed E-state index contributed by atoms with van der Waals surface area (Å²) in [5.41, 5.74) is 8.80. The molecule has 0 unspecified atom stereocenters. The van der Waals surface area contributed by atoms with Gasteiger partial charge >= 0.3 is 17.9 Å². The number of rotatable bonds is 28. The number of fused-ring (bicyclic) bond motifs is 3. The number of carbonyl (C=O) groups excluding carboxylic acids is 1. The van der Waals surface area contributed by atoms with Gasteiger partial charge in [-0.05, 0) is 80.8 Å². The number of alkyl halides is 4. The number of aryl methyl sites for hydroxylation is 6. The summed E-state index contributed by atoms with van der Waals surface area (Å²) in [6.45, 7) is 6.13. The van der Waals surface area contributed by atoms with Gasteiger partial charge in [0, 0.05) is 140 Å². The number of aromatic nitrogens is 6. The Labute approximate surface area is 460 Å². The summed E-state index contributed by atoms with van der Waals surface area (Å²) in [5, 5.41) is 35.9. The molecule has 3 heterocycles. The number of aliphatic hydroxyl groups is 2. The molecule has 23 heteroatoms. The zero-order chi connectivity index (χ0) is 51.9. The van der Waals surface area contributed by atoms with Gasteiger partial charge in [0.2, 0.25) is 0 Å². The summed E-state index contributed by atoms with van der Waals surface area (Å²) in [7, 11) is 5.88. The van der Waals surface area contributed by atoms with Crippen molar-refractivity contribution in [2.24, 2.45) is 21.1 Å². The number of carbonyl (C=O) groups is 3. The molecule has 0 fully saturated rings. The van der Waals surface area contributed by atoms with Gasteiger partial charge in [-0.3, -0.25) is 14.4 Å². The zero-order valence-electron chi connectivity index (χ0n) is 42.0. The normalized spacial score (nSPS) is 10.8. The molecular formula is C50H71Cl6N9O8. The monoisotopic (exact) mass is 1140 g/mol. The molecule has 406 valence electrons. The highest BCUT2D eigenvalue weighted by atomic mass is 35.5. The van der Waals surface area contributed by atoms with Crippen LogP contribution >= 0.6 is 71.2 Å². The number of aliphatic hydroxyl groups excluding tert-OH is 2. The van der Waals surface area contributed by atoms with E-state index in [1.165, 1.54) is 0 Å². The van der Waals surface area contributed by atoms with E-state index in [0.29, 0.717) is 88.2 Å². The maximum atomic E-state index is 11.4. The molecule has 0 spiro atoms. The molecule has 0 saturated heterocycles. The van der Waals surface area contributed by atoms with Crippen LogP contribution in [0, 0.1) is 0 Å². The fraction of sp³-hybridized carbons (Fsp3) is 0.520. The largest absolute Gasteiger partial charge is 0.481 e. The summed E-state index contributed by atoms with van der Waals surface area (Å²) in [4.78, 5) is 52.9. The van der Waals surface area contributed by atoms with Crippen LogP contribution < -0.4 is 14.7 Å². The number of carboxylic acid groups (broad SMARTS) is 2. The highest BCUT2D eigenvalue weighted by Gasteiger charge is 2.16. The molecule has 6 rings (SSSR count). The summed E-state index contributed by atoms with van der Waals surface area (Å²) in [5.74, 6) is 3.16. The van der Waals surface area contributed by atoms with Crippen LogP contribution in [0.15, 0.2) is 54.6 Å². The van der Waals surface area contributed by atoms with Crippen molar-refractivity contribution in [1.82, 2.24) is 28.7 Å². The molecular weight excluding hydrogens is 1070 g/mol. The number of esters is 1. The predicted molar refractivity (Wildman–Crippen MR) is 301 cm³/mol. The van der Waals surface area contributed by atoms with Gasteiger partial charge in [-0.2, -0.15) is 0 Å². The van der Waals surface area contributed by atoms with Crippen molar-refractivity contribution in [1.29, 1.82) is 0 Å². The van der Waals surface area contributed by atoms with Crippen LogP contribution in [0.5, 0.6) is 0 Å². The highest BCUT2D eigenvalue weighted by Crippen LogP contribution is 2.26. The molecule has 0 aliphatic carbocycles. The van der Waals surface area contributed by atoms with Crippen molar-refractivity contribution < 1.29 is 39.5 Å². The number of benzene rings is 3. The Morgan fingerprint density at radius 1 is 0.521 bits per heavy atom. The van der Waals surface area contributed by atoms with E-state index < -0.39 is 11.9 Å². The van der Waals surface area contributed by atoms with E-state index in [1.807, 2.05) is 94.3 Å². The van der Waals surface area contributed by atoms with Gasteiger partial charge in [0.1, 0.15) is 17.5 Å². The number of hydrogen-bond donors (Lipinski definition) is 4. The van der Waals surface area contributed by atoms with Gasteiger partial charge in [-0.1, -0.05) is 0 Å². The quantitative estimate of drug-likeness (QED) is 0.0268. The topological polar surface area (TPSA) is 205 Å². The Balaban J connectivity index is 0.000000370. The van der Waals surface area contributed by atoms with E-state index in [-0.39, 0.29) is 56.8 Å². The van der Waals surface area contributed by atoms with Crippen molar-refractivity contribution in [3.8, 4) is 0 Å². The van der Waals surface area contributed by atoms with Crippen LogP contribution in [-0.4, -0.2) is 150 Å². The first-order valence-corrected chi connectivity index (χ1v) is 26.0. The second-order valence-electron chi connectivity index (χ2n) is 16.6. The Morgan fingerprint density at radius 3 is 1.10 bits per heavy atom. The maximum Gasteiger partial charge on any atom is 0.305 e. The molecule has 0 aliphatic heterocycles. The summed E-state index contributed by atoms with van der Waals surface area (Å²) < 4.78 is 11.0. The first kappa shape index (κ1) is 64.7. The van der Waals surface area contributed by atoms with E-state index >= 15 is 0 Å². The lowest BCUT2D eigenvalue weighted by Crippen LogP contribution is -2.29. The minimum Gasteiger partial charge on any atom is -0.481 e. The zero-order valence-corrected chi connectivity index (χ0v) is 46.7. The Hall–Kier alpha value is -4.46. The van der Waals surface area contributed by atoms with Gasteiger partial charge in [-0.15, -0.1) is 71.2 Å². The molecule has 0 radical (unpaired) electrons. The molecule has 0 bridgehead atoms. The number of anilines is 3. The molecule has 3 aromatic heterocycles. The number of carboxylic acids is 2. The molecule has 0 saturated carbocycles. The van der Waals surface area contributed by atoms with E-state index in [4.69, 9.17) is 61.4 Å². The first-order valence-electron chi connectivity index (χ1n) is 23.9. The second-order valence-corrected chi connectivity index (χ2v) is 18.1. The smallest absolute Gasteiger partial charge is 0.305 e.